The summed E-state index contributed by atoms with van der Waals surface area (Å²) >= 11 is 0. The number of aryl methyl sites for hydroxylation is 2. The molecule has 1 aliphatic heterocycles. The first-order valence-corrected chi connectivity index (χ1v) is 8.18. The second kappa shape index (κ2) is 7.40. The molecule has 2 heterocycles. The molecule has 1 unspecified atom stereocenters. The van der Waals surface area contributed by atoms with Gasteiger partial charge in [0, 0.05) is 24.9 Å². The zero-order valence-electron chi connectivity index (χ0n) is 14.0. The summed E-state index contributed by atoms with van der Waals surface area (Å²) in [5, 5.41) is 6.10. The van der Waals surface area contributed by atoms with Crippen LogP contribution in [0, 0.1) is 13.8 Å². The normalized spacial score (nSPS) is 16.8. The molecule has 1 aliphatic rings. The minimum atomic E-state index is -0.246. The molecular weight excluding hydrogens is 304 g/mol. The Hall–Kier alpha value is -2.47. The van der Waals surface area contributed by atoms with Crippen molar-refractivity contribution in [1.29, 1.82) is 0 Å². The second-order valence-electron chi connectivity index (χ2n) is 6.08. The summed E-state index contributed by atoms with van der Waals surface area (Å²) < 4.78 is 5.57. The highest BCUT2D eigenvalue weighted by molar-refractivity contribution is 6.03. The third-order valence-corrected chi connectivity index (χ3v) is 4.06. The number of hydrogen-bond acceptors (Lipinski definition) is 5. The minimum absolute atomic E-state index is 0.215. The summed E-state index contributed by atoms with van der Waals surface area (Å²) in [5.74, 6) is 0.385. The number of carbonyl (C=O) groups excluding carboxylic acids is 1. The van der Waals surface area contributed by atoms with Crippen molar-refractivity contribution < 1.29 is 9.53 Å². The molecule has 2 N–H and O–H groups in total. The van der Waals surface area contributed by atoms with Crippen molar-refractivity contribution in [3.05, 3.63) is 47.4 Å². The fourth-order valence-electron chi connectivity index (χ4n) is 2.74. The summed E-state index contributed by atoms with van der Waals surface area (Å²) in [6.45, 7) is 5.50. The van der Waals surface area contributed by atoms with E-state index in [2.05, 4.69) is 20.6 Å². The van der Waals surface area contributed by atoms with Gasteiger partial charge >= 0.3 is 0 Å². The lowest BCUT2D eigenvalue weighted by molar-refractivity contribution is 0.102. The number of anilines is 2. The molecule has 3 rings (SSSR count). The Bertz CT molecular complexity index is 727. The SMILES string of the molecule is Cc1ccc(NC(=O)c2cc(NCC3CCCO3)ncn2)c(C)c1. The average molecular weight is 326 g/mol. The molecule has 0 radical (unpaired) electrons. The Morgan fingerprint density at radius 1 is 1.29 bits per heavy atom. The number of amides is 1. The minimum Gasteiger partial charge on any atom is -0.376 e. The average Bonchev–Trinajstić information content (AvgIpc) is 3.09. The Labute approximate surface area is 141 Å². The van der Waals surface area contributed by atoms with Crippen LogP contribution in [0.2, 0.25) is 0 Å². The van der Waals surface area contributed by atoms with Crippen LogP contribution >= 0.6 is 0 Å². The molecule has 2 aromatic rings. The topological polar surface area (TPSA) is 76.1 Å². The summed E-state index contributed by atoms with van der Waals surface area (Å²) in [4.78, 5) is 20.6. The van der Waals surface area contributed by atoms with Gasteiger partial charge in [0.2, 0.25) is 0 Å². The van der Waals surface area contributed by atoms with E-state index in [1.54, 1.807) is 6.07 Å². The van der Waals surface area contributed by atoms with E-state index in [0.29, 0.717) is 18.1 Å². The lowest BCUT2D eigenvalue weighted by atomic mass is 10.1. The molecule has 126 valence electrons. The van der Waals surface area contributed by atoms with Crippen molar-refractivity contribution >= 4 is 17.4 Å². The van der Waals surface area contributed by atoms with Crippen molar-refractivity contribution in [3.8, 4) is 0 Å². The van der Waals surface area contributed by atoms with Crippen LogP contribution in [-0.4, -0.2) is 35.1 Å². The first kappa shape index (κ1) is 16.4. The highest BCUT2D eigenvalue weighted by atomic mass is 16.5. The molecule has 1 aromatic heterocycles. The number of rotatable bonds is 5. The van der Waals surface area contributed by atoms with Crippen molar-refractivity contribution in [2.45, 2.75) is 32.8 Å². The Morgan fingerprint density at radius 3 is 2.92 bits per heavy atom. The van der Waals surface area contributed by atoms with E-state index in [1.165, 1.54) is 6.33 Å². The van der Waals surface area contributed by atoms with Gasteiger partial charge in [0.15, 0.2) is 0 Å². The third kappa shape index (κ3) is 4.08. The van der Waals surface area contributed by atoms with Gasteiger partial charge in [-0.3, -0.25) is 4.79 Å². The first-order valence-electron chi connectivity index (χ1n) is 8.18. The van der Waals surface area contributed by atoms with E-state index in [1.807, 2.05) is 32.0 Å². The Balaban J connectivity index is 1.65. The van der Waals surface area contributed by atoms with Gasteiger partial charge in [-0.25, -0.2) is 9.97 Å². The molecule has 0 saturated carbocycles. The number of ether oxygens (including phenoxy) is 1. The van der Waals surface area contributed by atoms with Crippen LogP contribution in [0.5, 0.6) is 0 Å². The van der Waals surface area contributed by atoms with Crippen LogP contribution in [0.25, 0.3) is 0 Å². The molecule has 0 bridgehead atoms. The lowest BCUT2D eigenvalue weighted by Crippen LogP contribution is -2.20. The number of benzene rings is 1. The first-order chi connectivity index (χ1) is 11.6. The van der Waals surface area contributed by atoms with Crippen LogP contribution in [0.15, 0.2) is 30.6 Å². The predicted octanol–water partition coefficient (Wildman–Crippen LogP) is 2.94. The fourth-order valence-corrected chi connectivity index (χ4v) is 2.74. The monoisotopic (exact) mass is 326 g/mol. The molecule has 0 aliphatic carbocycles. The molecule has 1 saturated heterocycles. The maximum absolute atomic E-state index is 12.4. The van der Waals surface area contributed by atoms with Gasteiger partial charge in [0.25, 0.3) is 5.91 Å². The van der Waals surface area contributed by atoms with Crippen molar-refractivity contribution in [2.24, 2.45) is 0 Å². The highest BCUT2D eigenvalue weighted by Gasteiger charge is 2.16. The molecule has 1 atom stereocenters. The van der Waals surface area contributed by atoms with Crippen molar-refractivity contribution in [2.75, 3.05) is 23.8 Å². The zero-order chi connectivity index (χ0) is 16.9. The van der Waals surface area contributed by atoms with Gasteiger partial charge in [0.1, 0.15) is 17.8 Å². The van der Waals surface area contributed by atoms with Gasteiger partial charge in [-0.05, 0) is 38.3 Å². The number of nitrogens with one attached hydrogen (secondary N) is 2. The predicted molar refractivity (Wildman–Crippen MR) is 93.4 cm³/mol. The summed E-state index contributed by atoms with van der Waals surface area (Å²) in [6, 6.07) is 7.56. The molecular formula is C18H22N4O2. The van der Waals surface area contributed by atoms with Gasteiger partial charge in [-0.15, -0.1) is 0 Å². The van der Waals surface area contributed by atoms with E-state index < -0.39 is 0 Å². The highest BCUT2D eigenvalue weighted by Crippen LogP contribution is 2.17. The molecule has 24 heavy (non-hydrogen) atoms. The summed E-state index contributed by atoms with van der Waals surface area (Å²) in [6.07, 6.45) is 3.76. The van der Waals surface area contributed by atoms with Gasteiger partial charge in [-0.1, -0.05) is 17.7 Å². The van der Waals surface area contributed by atoms with Gasteiger partial charge < -0.3 is 15.4 Å². The third-order valence-electron chi connectivity index (χ3n) is 4.06. The van der Waals surface area contributed by atoms with E-state index in [4.69, 9.17) is 4.74 Å². The maximum atomic E-state index is 12.4. The molecule has 1 amide bonds. The van der Waals surface area contributed by atoms with E-state index in [-0.39, 0.29) is 12.0 Å². The van der Waals surface area contributed by atoms with E-state index >= 15 is 0 Å². The van der Waals surface area contributed by atoms with E-state index in [9.17, 15) is 4.79 Å². The molecule has 1 fully saturated rings. The van der Waals surface area contributed by atoms with Gasteiger partial charge in [-0.2, -0.15) is 0 Å². The lowest BCUT2D eigenvalue weighted by Gasteiger charge is -2.12. The molecule has 6 heteroatoms. The van der Waals surface area contributed by atoms with Crippen LogP contribution in [0.3, 0.4) is 0 Å². The maximum Gasteiger partial charge on any atom is 0.274 e. The van der Waals surface area contributed by atoms with Crippen molar-refractivity contribution in [1.82, 2.24) is 9.97 Å². The van der Waals surface area contributed by atoms with Crippen molar-refractivity contribution in [3.63, 3.8) is 0 Å². The Kier molecular flexibility index (Phi) is 5.05. The standard InChI is InChI=1S/C18H22N4O2/c1-12-5-6-15(13(2)8-12)22-18(23)16-9-17(21-11-20-16)19-10-14-4-3-7-24-14/h5-6,8-9,11,14H,3-4,7,10H2,1-2H3,(H,22,23)(H,19,20,21). The molecule has 1 aromatic carbocycles. The number of aromatic nitrogens is 2. The van der Waals surface area contributed by atoms with Crippen LogP contribution < -0.4 is 10.6 Å². The van der Waals surface area contributed by atoms with Crippen LogP contribution in [0.1, 0.15) is 34.5 Å². The second-order valence-corrected chi connectivity index (χ2v) is 6.08. The smallest absolute Gasteiger partial charge is 0.274 e. The van der Waals surface area contributed by atoms with Crippen LogP contribution in [-0.2, 0) is 4.74 Å². The summed E-state index contributed by atoms with van der Waals surface area (Å²) in [5.41, 5.74) is 3.31. The number of nitrogens with zero attached hydrogens (tertiary/aromatic N) is 2. The fraction of sp³-hybridized carbons (Fsp3) is 0.389. The Morgan fingerprint density at radius 2 is 2.17 bits per heavy atom. The van der Waals surface area contributed by atoms with Gasteiger partial charge in [0.05, 0.1) is 6.10 Å². The molecule has 0 spiro atoms. The summed E-state index contributed by atoms with van der Waals surface area (Å²) in [7, 11) is 0. The van der Waals surface area contributed by atoms with Crippen LogP contribution in [0.4, 0.5) is 11.5 Å². The quantitative estimate of drug-likeness (QED) is 0.883. The van der Waals surface area contributed by atoms with E-state index in [0.717, 1.165) is 36.3 Å². The molecule has 6 nitrogen and oxygen atoms in total. The zero-order valence-corrected chi connectivity index (χ0v) is 14.0. The largest absolute Gasteiger partial charge is 0.376 e. The number of carbonyl (C=O) groups is 1. The number of hydrogen-bond donors (Lipinski definition) is 2.